The molecule has 6 heteroatoms. The van der Waals surface area contributed by atoms with Gasteiger partial charge in [0.2, 0.25) is 5.89 Å². The lowest BCUT2D eigenvalue weighted by Gasteiger charge is -2.16. The van der Waals surface area contributed by atoms with Crippen molar-refractivity contribution in [1.29, 1.82) is 0 Å². The molecular weight excluding hydrogens is 274 g/mol. The third-order valence-electron chi connectivity index (χ3n) is 3.67. The first-order valence-electron chi connectivity index (χ1n) is 7.19. The molecule has 1 saturated carbocycles. The smallest absolute Gasteiger partial charge is 0.318 e. The Labute approximate surface area is 123 Å². The molecule has 0 aromatic carbocycles. The number of rotatable bonds is 7. The first-order valence-corrected chi connectivity index (χ1v) is 7.19. The molecule has 0 bridgehead atoms. The van der Waals surface area contributed by atoms with Gasteiger partial charge in [-0.3, -0.25) is 9.59 Å². The summed E-state index contributed by atoms with van der Waals surface area (Å²) in [5.41, 5.74) is -0.375. The predicted octanol–water partition coefficient (Wildman–Crippen LogP) is 2.38. The van der Waals surface area contributed by atoms with Crippen LogP contribution in [0.3, 0.4) is 0 Å². The molecule has 1 N–H and O–H groups in total. The summed E-state index contributed by atoms with van der Waals surface area (Å²) in [6.07, 6.45) is 3.62. The van der Waals surface area contributed by atoms with Crippen LogP contribution in [0.15, 0.2) is 10.7 Å². The molecule has 6 nitrogen and oxygen atoms in total. The maximum Gasteiger partial charge on any atom is 0.318 e. The van der Waals surface area contributed by atoms with Gasteiger partial charge in [0.1, 0.15) is 12.2 Å². The van der Waals surface area contributed by atoms with Gasteiger partial charge >= 0.3 is 11.9 Å². The molecule has 0 amide bonds. The van der Waals surface area contributed by atoms with E-state index < -0.39 is 17.3 Å². The average Bonchev–Trinajstić information content (AvgIpc) is 3.11. The van der Waals surface area contributed by atoms with Crippen molar-refractivity contribution in [3.05, 3.63) is 17.8 Å². The van der Waals surface area contributed by atoms with Crippen molar-refractivity contribution in [3.63, 3.8) is 0 Å². The molecule has 1 aromatic rings. The van der Waals surface area contributed by atoms with Crippen LogP contribution >= 0.6 is 0 Å². The second-order valence-corrected chi connectivity index (χ2v) is 6.11. The number of aliphatic carboxylic acids is 1. The van der Waals surface area contributed by atoms with Gasteiger partial charge in [-0.15, -0.1) is 0 Å². The molecule has 2 rings (SSSR count). The molecule has 0 aliphatic heterocycles. The van der Waals surface area contributed by atoms with E-state index in [1.807, 2.05) is 0 Å². The van der Waals surface area contributed by atoms with Crippen molar-refractivity contribution in [1.82, 2.24) is 4.98 Å². The SMILES string of the molecule is CCOC(=O)C(c1nc(CC(C)(C)C(=O)O)co1)C1CC1. The fourth-order valence-corrected chi connectivity index (χ4v) is 2.23. The zero-order valence-electron chi connectivity index (χ0n) is 12.6. The minimum absolute atomic E-state index is 0.225. The van der Waals surface area contributed by atoms with Gasteiger partial charge in [-0.05, 0) is 39.5 Å². The largest absolute Gasteiger partial charge is 0.481 e. The van der Waals surface area contributed by atoms with Crippen LogP contribution in [0.25, 0.3) is 0 Å². The first-order chi connectivity index (χ1) is 9.85. The minimum Gasteiger partial charge on any atom is -0.481 e. The van der Waals surface area contributed by atoms with E-state index in [9.17, 15) is 9.59 Å². The normalized spacial score (nSPS) is 16.5. The van der Waals surface area contributed by atoms with E-state index in [0.717, 1.165) is 12.8 Å². The van der Waals surface area contributed by atoms with Crippen LogP contribution in [-0.2, 0) is 20.7 Å². The number of nitrogens with zero attached hydrogens (tertiary/aromatic N) is 1. The Morgan fingerprint density at radius 1 is 1.52 bits per heavy atom. The Bertz CT molecular complexity index is 530. The summed E-state index contributed by atoms with van der Waals surface area (Å²) in [5, 5.41) is 9.14. The molecule has 116 valence electrons. The minimum atomic E-state index is -0.923. The maximum atomic E-state index is 12.0. The van der Waals surface area contributed by atoms with Crippen LogP contribution in [0.1, 0.15) is 51.1 Å². The molecule has 1 fully saturated rings. The van der Waals surface area contributed by atoms with E-state index in [2.05, 4.69) is 4.98 Å². The number of carboxylic acids is 1. The first kappa shape index (κ1) is 15.5. The lowest BCUT2D eigenvalue weighted by atomic mass is 9.88. The standard InChI is InChI=1S/C15H21NO5/c1-4-20-13(17)11(9-5-6-9)12-16-10(8-21-12)7-15(2,3)14(18)19/h8-9,11H,4-7H2,1-3H3,(H,18,19). The number of hydrogen-bond donors (Lipinski definition) is 1. The Balaban J connectivity index is 2.14. The molecule has 1 aromatic heterocycles. The van der Waals surface area contributed by atoms with Crippen molar-refractivity contribution < 1.29 is 23.8 Å². The van der Waals surface area contributed by atoms with Gasteiger partial charge in [0.05, 0.1) is 17.7 Å². The Morgan fingerprint density at radius 2 is 2.19 bits per heavy atom. The highest BCUT2D eigenvalue weighted by atomic mass is 16.5. The quantitative estimate of drug-likeness (QED) is 0.777. The third-order valence-corrected chi connectivity index (χ3v) is 3.67. The molecule has 1 aliphatic carbocycles. The summed E-state index contributed by atoms with van der Waals surface area (Å²) >= 11 is 0. The zero-order valence-corrected chi connectivity index (χ0v) is 12.6. The molecule has 1 atom stereocenters. The molecule has 1 unspecified atom stereocenters. The van der Waals surface area contributed by atoms with Gasteiger partial charge in [0, 0.05) is 6.42 Å². The number of carbonyl (C=O) groups excluding carboxylic acids is 1. The van der Waals surface area contributed by atoms with Crippen molar-refractivity contribution >= 4 is 11.9 Å². The zero-order chi connectivity index (χ0) is 15.6. The summed E-state index contributed by atoms with van der Waals surface area (Å²) in [7, 11) is 0. The number of hydrogen-bond acceptors (Lipinski definition) is 5. The number of esters is 1. The lowest BCUT2D eigenvalue weighted by Crippen LogP contribution is -2.26. The topological polar surface area (TPSA) is 89.6 Å². The fourth-order valence-electron chi connectivity index (χ4n) is 2.23. The highest BCUT2D eigenvalue weighted by Gasteiger charge is 2.42. The van der Waals surface area contributed by atoms with Crippen molar-refractivity contribution in [2.24, 2.45) is 11.3 Å². The Kier molecular flexibility index (Phi) is 4.34. The highest BCUT2D eigenvalue weighted by molar-refractivity contribution is 5.77. The van der Waals surface area contributed by atoms with Gasteiger partial charge in [-0.25, -0.2) is 4.98 Å². The van der Waals surface area contributed by atoms with Crippen LogP contribution in [0.2, 0.25) is 0 Å². The van der Waals surface area contributed by atoms with Gasteiger partial charge in [0.15, 0.2) is 0 Å². The van der Waals surface area contributed by atoms with E-state index in [4.69, 9.17) is 14.3 Å². The molecule has 0 radical (unpaired) electrons. The van der Waals surface area contributed by atoms with E-state index in [1.54, 1.807) is 20.8 Å². The summed E-state index contributed by atoms with van der Waals surface area (Å²) in [6.45, 7) is 5.35. The average molecular weight is 295 g/mol. The van der Waals surface area contributed by atoms with Crippen LogP contribution in [0.4, 0.5) is 0 Å². The van der Waals surface area contributed by atoms with Crippen molar-refractivity contribution in [2.75, 3.05) is 6.61 Å². The Morgan fingerprint density at radius 3 is 2.71 bits per heavy atom. The lowest BCUT2D eigenvalue weighted by molar-refractivity contribution is -0.147. The second kappa shape index (κ2) is 5.87. The molecule has 21 heavy (non-hydrogen) atoms. The summed E-state index contributed by atoms with van der Waals surface area (Å²) in [4.78, 5) is 27.5. The number of ether oxygens (including phenoxy) is 1. The maximum absolute atomic E-state index is 12.0. The van der Waals surface area contributed by atoms with Gasteiger partial charge in [-0.1, -0.05) is 0 Å². The number of aromatic nitrogens is 1. The van der Waals surface area contributed by atoms with E-state index in [0.29, 0.717) is 18.2 Å². The monoisotopic (exact) mass is 295 g/mol. The molecule has 1 heterocycles. The number of carbonyl (C=O) groups is 2. The summed E-state index contributed by atoms with van der Waals surface area (Å²) in [6, 6.07) is 0. The van der Waals surface area contributed by atoms with E-state index >= 15 is 0 Å². The van der Waals surface area contributed by atoms with Crippen molar-refractivity contribution in [3.8, 4) is 0 Å². The second-order valence-electron chi connectivity index (χ2n) is 6.11. The van der Waals surface area contributed by atoms with Crippen LogP contribution in [0.5, 0.6) is 0 Å². The fraction of sp³-hybridized carbons (Fsp3) is 0.667. The Hall–Kier alpha value is -1.85. The van der Waals surface area contributed by atoms with Gasteiger partial charge < -0.3 is 14.3 Å². The molecule has 0 saturated heterocycles. The molecular formula is C15H21NO5. The number of oxazole rings is 1. The van der Waals surface area contributed by atoms with Crippen LogP contribution in [-0.4, -0.2) is 28.6 Å². The highest BCUT2D eigenvalue weighted by Crippen LogP contribution is 2.43. The predicted molar refractivity (Wildman–Crippen MR) is 73.7 cm³/mol. The summed E-state index contributed by atoms with van der Waals surface area (Å²) < 4.78 is 10.5. The van der Waals surface area contributed by atoms with Crippen LogP contribution < -0.4 is 0 Å². The molecule has 0 spiro atoms. The van der Waals surface area contributed by atoms with Crippen molar-refractivity contribution in [2.45, 2.75) is 46.0 Å². The van der Waals surface area contributed by atoms with Crippen LogP contribution in [0, 0.1) is 11.3 Å². The van der Waals surface area contributed by atoms with Gasteiger partial charge in [-0.2, -0.15) is 0 Å². The summed E-state index contributed by atoms with van der Waals surface area (Å²) in [5.74, 6) is -1.11. The number of carboxylic acid groups (broad SMARTS) is 1. The van der Waals surface area contributed by atoms with Gasteiger partial charge in [0.25, 0.3) is 0 Å². The van der Waals surface area contributed by atoms with E-state index in [1.165, 1.54) is 6.26 Å². The molecule has 1 aliphatic rings. The third kappa shape index (κ3) is 3.62. The van der Waals surface area contributed by atoms with E-state index in [-0.39, 0.29) is 18.3 Å².